The van der Waals surface area contributed by atoms with Crippen molar-refractivity contribution >= 4 is 11.9 Å². The summed E-state index contributed by atoms with van der Waals surface area (Å²) in [5.74, 6) is -0.893. The number of carboxylic acids is 1. The van der Waals surface area contributed by atoms with Gasteiger partial charge in [-0.2, -0.15) is 0 Å². The number of carboxylic acid groups (broad SMARTS) is 1. The van der Waals surface area contributed by atoms with Gasteiger partial charge in [-0.05, 0) is 48.2 Å². The van der Waals surface area contributed by atoms with E-state index in [1.54, 1.807) is 12.1 Å². The van der Waals surface area contributed by atoms with E-state index in [1.807, 2.05) is 36.4 Å². The third kappa shape index (κ3) is 7.91. The molecule has 0 heterocycles. The Bertz CT molecular complexity index is 1090. The van der Waals surface area contributed by atoms with Gasteiger partial charge in [-0.1, -0.05) is 114 Å². The summed E-state index contributed by atoms with van der Waals surface area (Å²) in [6, 6.07) is 14.7. The molecule has 0 fully saturated rings. The molecule has 5 heteroatoms. The lowest BCUT2D eigenvalue weighted by Crippen LogP contribution is -2.42. The molecule has 204 valence electrons. The lowest BCUT2D eigenvalue weighted by atomic mass is 9.79. The average molecular weight is 518 g/mol. The van der Waals surface area contributed by atoms with Crippen molar-refractivity contribution in [3.63, 3.8) is 0 Å². The van der Waals surface area contributed by atoms with Gasteiger partial charge in [0.1, 0.15) is 0 Å². The number of hydrogen-bond donors (Lipinski definition) is 2. The van der Waals surface area contributed by atoms with E-state index in [9.17, 15) is 14.7 Å². The lowest BCUT2D eigenvalue weighted by Gasteiger charge is -2.34. The third-order valence-corrected chi connectivity index (χ3v) is 7.41. The van der Waals surface area contributed by atoms with Gasteiger partial charge >= 0.3 is 11.9 Å². The van der Waals surface area contributed by atoms with Crippen LogP contribution in [0.25, 0.3) is 0 Å². The summed E-state index contributed by atoms with van der Waals surface area (Å²) in [6.07, 6.45) is 16.8. The molecule has 0 unspecified atom stereocenters. The number of ether oxygens (including phenoxy) is 1. The number of allylic oxidation sites excluding steroid dienone is 2. The molecule has 0 amide bonds. The Morgan fingerprint density at radius 2 is 1.61 bits per heavy atom. The van der Waals surface area contributed by atoms with Gasteiger partial charge < -0.3 is 15.2 Å². The van der Waals surface area contributed by atoms with Crippen LogP contribution in [0.2, 0.25) is 0 Å². The number of aromatic carboxylic acids is 1. The van der Waals surface area contributed by atoms with Crippen LogP contribution in [0.4, 0.5) is 0 Å². The second-order valence-corrected chi connectivity index (χ2v) is 10.4. The van der Waals surface area contributed by atoms with Gasteiger partial charge in [0.2, 0.25) is 0 Å². The molecule has 0 bridgehead atoms. The summed E-state index contributed by atoms with van der Waals surface area (Å²) < 4.78 is 5.70. The van der Waals surface area contributed by atoms with Gasteiger partial charge in [0.25, 0.3) is 0 Å². The Morgan fingerprint density at radius 3 is 2.26 bits per heavy atom. The maximum absolute atomic E-state index is 13.2. The van der Waals surface area contributed by atoms with Crippen LogP contribution in [-0.2, 0) is 10.3 Å². The molecule has 0 saturated heterocycles. The van der Waals surface area contributed by atoms with Crippen LogP contribution in [0.3, 0.4) is 0 Å². The van der Waals surface area contributed by atoms with Crippen LogP contribution in [0.5, 0.6) is 0 Å². The summed E-state index contributed by atoms with van der Waals surface area (Å²) in [4.78, 5) is 24.4. The molecule has 2 aromatic carbocycles. The van der Waals surface area contributed by atoms with Crippen molar-refractivity contribution in [2.75, 3.05) is 13.2 Å². The number of hydrogen-bond acceptors (Lipinski definition) is 4. The molecule has 1 aliphatic carbocycles. The number of carbonyl (C=O) groups is 2. The van der Waals surface area contributed by atoms with E-state index in [0.29, 0.717) is 18.1 Å². The number of esters is 1. The third-order valence-electron chi connectivity index (χ3n) is 7.41. The average Bonchev–Trinajstić information content (AvgIpc) is 2.95. The summed E-state index contributed by atoms with van der Waals surface area (Å²) >= 11 is 0. The molecule has 1 aliphatic rings. The number of carbonyl (C=O) groups excluding carboxylic acids is 1. The van der Waals surface area contributed by atoms with Gasteiger partial charge in [0.05, 0.1) is 23.3 Å². The highest BCUT2D eigenvalue weighted by Crippen LogP contribution is 2.35. The van der Waals surface area contributed by atoms with Crippen LogP contribution in [0.15, 0.2) is 72.8 Å². The van der Waals surface area contributed by atoms with Crippen molar-refractivity contribution in [3.8, 4) is 0 Å². The number of rotatable bonds is 15. The molecule has 0 aromatic heterocycles. The van der Waals surface area contributed by atoms with Crippen molar-refractivity contribution in [3.05, 3.63) is 95.1 Å². The van der Waals surface area contributed by atoms with E-state index < -0.39 is 11.5 Å². The molecule has 3 rings (SSSR count). The van der Waals surface area contributed by atoms with Crippen LogP contribution in [-0.4, -0.2) is 30.2 Å². The first-order valence-electron chi connectivity index (χ1n) is 14.1. The number of benzene rings is 2. The summed E-state index contributed by atoms with van der Waals surface area (Å²) in [5, 5.41) is 13.0. The first kappa shape index (κ1) is 29.4. The van der Waals surface area contributed by atoms with Gasteiger partial charge in [0.15, 0.2) is 0 Å². The van der Waals surface area contributed by atoms with E-state index >= 15 is 0 Å². The van der Waals surface area contributed by atoms with Gasteiger partial charge in [-0.3, -0.25) is 0 Å². The maximum atomic E-state index is 13.2. The normalized spacial score (nSPS) is 19.3. The van der Waals surface area contributed by atoms with Gasteiger partial charge in [-0.15, -0.1) is 0 Å². The predicted octanol–water partition coefficient (Wildman–Crippen LogP) is 7.64. The fourth-order valence-corrected chi connectivity index (χ4v) is 4.73. The molecule has 38 heavy (non-hydrogen) atoms. The Balaban J connectivity index is 1.84. The molecule has 5 nitrogen and oxygen atoms in total. The smallest absolute Gasteiger partial charge is 0.338 e. The van der Waals surface area contributed by atoms with Crippen LogP contribution in [0.1, 0.15) is 103 Å². The highest BCUT2D eigenvalue weighted by Gasteiger charge is 2.33. The molecule has 0 saturated carbocycles. The monoisotopic (exact) mass is 517 g/mol. The van der Waals surface area contributed by atoms with Crippen molar-refractivity contribution in [2.45, 2.75) is 77.2 Å². The van der Waals surface area contributed by atoms with Crippen LogP contribution in [0, 0.1) is 5.92 Å². The van der Waals surface area contributed by atoms with Crippen LogP contribution < -0.4 is 5.32 Å². The van der Waals surface area contributed by atoms with Gasteiger partial charge in [-0.25, -0.2) is 9.59 Å². The lowest BCUT2D eigenvalue weighted by molar-refractivity contribution is 0.0444. The second kappa shape index (κ2) is 14.7. The highest BCUT2D eigenvalue weighted by atomic mass is 16.5. The Labute approximate surface area is 228 Å². The zero-order chi connectivity index (χ0) is 27.4. The van der Waals surface area contributed by atoms with Crippen molar-refractivity contribution in [2.24, 2.45) is 5.92 Å². The largest absolute Gasteiger partial charge is 0.478 e. The first-order chi connectivity index (χ1) is 18.4. The SMILES string of the molecule is CCCCCCCCNC1(c2ccccc2C(=O)OC[C@@H](C)CC)C=CC(c2ccc(C(=O)O)cc2)C=C1. The number of nitrogens with one attached hydrogen (secondary N) is 1. The minimum absolute atomic E-state index is 0.0198. The zero-order valence-electron chi connectivity index (χ0n) is 23.1. The molecule has 0 spiro atoms. The molecular weight excluding hydrogens is 474 g/mol. The second-order valence-electron chi connectivity index (χ2n) is 10.4. The van der Waals surface area contributed by atoms with E-state index in [-0.39, 0.29) is 17.5 Å². The number of unbranched alkanes of at least 4 members (excludes halogenated alkanes) is 5. The molecular formula is C33H43NO4. The quantitative estimate of drug-likeness (QED) is 0.144. The fourth-order valence-electron chi connectivity index (χ4n) is 4.73. The predicted molar refractivity (Wildman–Crippen MR) is 154 cm³/mol. The molecule has 0 radical (unpaired) electrons. The minimum Gasteiger partial charge on any atom is -0.478 e. The van der Waals surface area contributed by atoms with E-state index in [1.165, 1.54) is 32.1 Å². The van der Waals surface area contributed by atoms with E-state index in [0.717, 1.165) is 30.5 Å². The summed E-state index contributed by atoms with van der Waals surface area (Å²) in [6.45, 7) is 7.64. The summed E-state index contributed by atoms with van der Waals surface area (Å²) in [5.41, 5.74) is 2.12. The summed E-state index contributed by atoms with van der Waals surface area (Å²) in [7, 11) is 0. The first-order valence-corrected chi connectivity index (χ1v) is 14.1. The van der Waals surface area contributed by atoms with E-state index in [4.69, 9.17) is 4.74 Å². The van der Waals surface area contributed by atoms with Crippen LogP contribution >= 0.6 is 0 Å². The van der Waals surface area contributed by atoms with Gasteiger partial charge in [0, 0.05) is 5.92 Å². The maximum Gasteiger partial charge on any atom is 0.338 e. The topological polar surface area (TPSA) is 75.6 Å². The fraction of sp³-hybridized carbons (Fsp3) is 0.455. The van der Waals surface area contributed by atoms with E-state index in [2.05, 4.69) is 50.4 Å². The highest BCUT2D eigenvalue weighted by molar-refractivity contribution is 5.92. The molecule has 1 atom stereocenters. The Kier molecular flexibility index (Phi) is 11.3. The van der Waals surface area contributed by atoms with Crippen molar-refractivity contribution in [1.82, 2.24) is 5.32 Å². The minimum atomic E-state index is -0.930. The molecule has 2 N–H and O–H groups in total. The zero-order valence-corrected chi connectivity index (χ0v) is 23.1. The molecule has 0 aliphatic heterocycles. The van der Waals surface area contributed by atoms with Crippen molar-refractivity contribution in [1.29, 1.82) is 0 Å². The Morgan fingerprint density at radius 1 is 0.947 bits per heavy atom. The molecule has 2 aromatic rings. The Hall–Kier alpha value is -3.18. The standard InChI is InChI=1S/C33H43NO4/c1-4-6-7-8-9-12-23-34-33(30-14-11-10-13-29(30)32(37)38-24-25(3)5-2)21-19-27(20-22-33)26-15-17-28(18-16-26)31(35)36/h10-11,13-22,25,27,34H,4-9,12,23-24H2,1-3H3,(H,35,36)/t25-,27?,33?/m0/s1. The van der Waals surface area contributed by atoms with Crippen molar-refractivity contribution < 1.29 is 19.4 Å².